The van der Waals surface area contributed by atoms with Gasteiger partial charge in [0.2, 0.25) is 0 Å². The maximum absolute atomic E-state index is 11.4. The molecule has 1 heterocycles. The average Bonchev–Trinajstić information content (AvgIpc) is 2.64. The third-order valence-corrected chi connectivity index (χ3v) is 3.30. The predicted molar refractivity (Wildman–Crippen MR) is 77.5 cm³/mol. The van der Waals surface area contributed by atoms with Crippen molar-refractivity contribution in [3.05, 3.63) is 34.3 Å². The van der Waals surface area contributed by atoms with Crippen molar-refractivity contribution in [2.24, 2.45) is 7.05 Å². The second-order valence-electron chi connectivity index (χ2n) is 5.29. The minimum Gasteiger partial charge on any atom is -0.408 e. The summed E-state index contributed by atoms with van der Waals surface area (Å²) < 4.78 is 6.73. The van der Waals surface area contributed by atoms with Crippen LogP contribution >= 0.6 is 0 Å². The molecule has 4 heteroatoms. The van der Waals surface area contributed by atoms with Crippen LogP contribution in [-0.4, -0.2) is 17.2 Å². The maximum Gasteiger partial charge on any atom is 0.419 e. The van der Waals surface area contributed by atoms with Crippen molar-refractivity contribution in [2.45, 2.75) is 39.2 Å². The summed E-state index contributed by atoms with van der Waals surface area (Å²) >= 11 is 0. The Morgan fingerprint density at radius 1 is 1.32 bits per heavy atom. The molecule has 2 rings (SSSR count). The van der Waals surface area contributed by atoms with E-state index in [-0.39, 0.29) is 5.76 Å². The third-order valence-electron chi connectivity index (χ3n) is 3.30. The summed E-state index contributed by atoms with van der Waals surface area (Å²) in [6.45, 7) is 5.37. The van der Waals surface area contributed by atoms with Crippen LogP contribution in [0.5, 0.6) is 0 Å². The molecule has 2 aromatic rings. The first-order valence-electron chi connectivity index (χ1n) is 6.90. The highest BCUT2D eigenvalue weighted by Gasteiger charge is 2.06. The maximum atomic E-state index is 11.4. The van der Waals surface area contributed by atoms with Crippen molar-refractivity contribution in [1.29, 1.82) is 0 Å². The Labute approximate surface area is 113 Å². The summed E-state index contributed by atoms with van der Waals surface area (Å²) in [7, 11) is 1.73. The van der Waals surface area contributed by atoms with Gasteiger partial charge in [-0.2, -0.15) is 0 Å². The average molecular weight is 262 g/mol. The lowest BCUT2D eigenvalue weighted by Gasteiger charge is -2.07. The van der Waals surface area contributed by atoms with E-state index >= 15 is 0 Å². The molecule has 0 atom stereocenters. The van der Waals surface area contributed by atoms with Crippen LogP contribution in [0.25, 0.3) is 11.1 Å². The van der Waals surface area contributed by atoms with Crippen LogP contribution in [0, 0.1) is 0 Å². The second-order valence-corrected chi connectivity index (χ2v) is 5.29. The molecule has 0 fully saturated rings. The molecule has 4 nitrogen and oxygen atoms in total. The molecule has 0 aliphatic carbocycles. The van der Waals surface area contributed by atoms with Gasteiger partial charge in [0.05, 0.1) is 5.52 Å². The van der Waals surface area contributed by atoms with Gasteiger partial charge in [-0.25, -0.2) is 4.79 Å². The van der Waals surface area contributed by atoms with Gasteiger partial charge in [0.15, 0.2) is 5.58 Å². The molecule has 0 bridgehead atoms. The third kappa shape index (κ3) is 3.47. The van der Waals surface area contributed by atoms with Gasteiger partial charge < -0.3 is 9.73 Å². The highest BCUT2D eigenvalue weighted by atomic mass is 16.4. The van der Waals surface area contributed by atoms with E-state index in [0.29, 0.717) is 11.6 Å². The summed E-state index contributed by atoms with van der Waals surface area (Å²) in [6.07, 6.45) is 3.32. The van der Waals surface area contributed by atoms with Crippen molar-refractivity contribution in [3.8, 4) is 0 Å². The summed E-state index contributed by atoms with van der Waals surface area (Å²) in [6, 6.07) is 6.57. The van der Waals surface area contributed by atoms with E-state index in [4.69, 9.17) is 4.42 Å². The van der Waals surface area contributed by atoms with Gasteiger partial charge in [-0.15, -0.1) is 0 Å². The molecule has 1 aromatic carbocycles. The van der Waals surface area contributed by atoms with E-state index in [0.717, 1.165) is 31.3 Å². The Kier molecular flexibility index (Phi) is 4.43. The van der Waals surface area contributed by atoms with E-state index in [1.54, 1.807) is 7.05 Å². The fraction of sp³-hybridized carbons (Fsp3) is 0.533. The summed E-state index contributed by atoms with van der Waals surface area (Å²) in [5.41, 5.74) is 2.77. The van der Waals surface area contributed by atoms with E-state index in [1.807, 2.05) is 12.1 Å². The molecule has 0 saturated carbocycles. The van der Waals surface area contributed by atoms with E-state index < -0.39 is 0 Å². The fourth-order valence-corrected chi connectivity index (χ4v) is 2.18. The molecule has 1 N–H and O–H groups in total. The topological polar surface area (TPSA) is 47.2 Å². The van der Waals surface area contributed by atoms with Gasteiger partial charge in [-0.3, -0.25) is 4.57 Å². The second kappa shape index (κ2) is 6.06. The molecule has 19 heavy (non-hydrogen) atoms. The predicted octanol–water partition coefficient (Wildman–Crippen LogP) is 2.45. The van der Waals surface area contributed by atoms with Gasteiger partial charge in [-0.1, -0.05) is 19.9 Å². The molecule has 0 amide bonds. The first-order valence-corrected chi connectivity index (χ1v) is 6.90. The van der Waals surface area contributed by atoms with Crippen LogP contribution in [0.15, 0.2) is 27.4 Å². The SMILES string of the molecule is CC(C)NCCCCc1ccc2c(c1)oc(=O)n2C. The van der Waals surface area contributed by atoms with Crippen LogP contribution in [0.3, 0.4) is 0 Å². The Bertz CT molecular complexity index is 596. The number of hydrogen-bond donors (Lipinski definition) is 1. The summed E-state index contributed by atoms with van der Waals surface area (Å²) in [5.74, 6) is -0.298. The number of oxazole rings is 1. The van der Waals surface area contributed by atoms with Crippen LogP contribution < -0.4 is 11.1 Å². The Morgan fingerprint density at radius 3 is 2.84 bits per heavy atom. The number of rotatable bonds is 6. The first-order chi connectivity index (χ1) is 9.08. The minimum atomic E-state index is -0.298. The van der Waals surface area contributed by atoms with Crippen LogP contribution in [0.4, 0.5) is 0 Å². The highest BCUT2D eigenvalue weighted by Crippen LogP contribution is 2.15. The van der Waals surface area contributed by atoms with Gasteiger partial charge in [0.25, 0.3) is 0 Å². The van der Waals surface area contributed by atoms with Gasteiger partial charge in [0.1, 0.15) is 0 Å². The van der Waals surface area contributed by atoms with E-state index in [9.17, 15) is 4.79 Å². The van der Waals surface area contributed by atoms with Gasteiger partial charge >= 0.3 is 5.76 Å². The number of nitrogens with one attached hydrogen (secondary N) is 1. The number of benzene rings is 1. The smallest absolute Gasteiger partial charge is 0.408 e. The highest BCUT2D eigenvalue weighted by molar-refractivity contribution is 5.73. The zero-order valence-corrected chi connectivity index (χ0v) is 11.9. The number of hydrogen-bond acceptors (Lipinski definition) is 3. The number of aryl methyl sites for hydroxylation is 2. The van der Waals surface area contributed by atoms with Crippen molar-refractivity contribution in [1.82, 2.24) is 9.88 Å². The Hall–Kier alpha value is -1.55. The van der Waals surface area contributed by atoms with Crippen molar-refractivity contribution >= 4 is 11.1 Å². The van der Waals surface area contributed by atoms with Crippen LogP contribution in [0.2, 0.25) is 0 Å². The molecule has 0 spiro atoms. The summed E-state index contributed by atoms with van der Waals surface area (Å²) in [5, 5.41) is 3.41. The first kappa shape index (κ1) is 13.9. The number of unbranched alkanes of at least 4 members (excludes halogenated alkanes) is 1. The lowest BCUT2D eigenvalue weighted by Crippen LogP contribution is -2.23. The molecular formula is C15H22N2O2. The molecule has 1 aromatic heterocycles. The number of aromatic nitrogens is 1. The molecule has 0 saturated heterocycles. The number of nitrogens with zero attached hydrogens (tertiary/aromatic N) is 1. The van der Waals surface area contributed by atoms with Crippen LogP contribution in [0.1, 0.15) is 32.3 Å². The minimum absolute atomic E-state index is 0.298. The fourth-order valence-electron chi connectivity index (χ4n) is 2.18. The standard InChI is InChI=1S/C15H22N2O2/c1-11(2)16-9-5-4-6-12-7-8-13-14(10-12)19-15(18)17(13)3/h7-8,10-11,16H,4-6,9H2,1-3H3. The van der Waals surface area contributed by atoms with Crippen molar-refractivity contribution < 1.29 is 4.42 Å². The Morgan fingerprint density at radius 2 is 2.11 bits per heavy atom. The largest absolute Gasteiger partial charge is 0.419 e. The lowest BCUT2D eigenvalue weighted by atomic mass is 10.1. The molecule has 0 aliphatic rings. The van der Waals surface area contributed by atoms with E-state index in [2.05, 4.69) is 25.2 Å². The van der Waals surface area contributed by atoms with Gasteiger partial charge in [0, 0.05) is 13.1 Å². The normalized spacial score (nSPS) is 11.6. The van der Waals surface area contributed by atoms with Crippen molar-refractivity contribution in [3.63, 3.8) is 0 Å². The molecule has 0 aliphatic heterocycles. The quantitative estimate of drug-likeness (QED) is 0.813. The van der Waals surface area contributed by atoms with E-state index in [1.165, 1.54) is 10.1 Å². The molecule has 0 unspecified atom stereocenters. The number of fused-ring (bicyclic) bond motifs is 1. The molecule has 0 radical (unpaired) electrons. The molecular weight excluding hydrogens is 240 g/mol. The zero-order valence-electron chi connectivity index (χ0n) is 11.9. The monoisotopic (exact) mass is 262 g/mol. The summed E-state index contributed by atoms with van der Waals surface area (Å²) in [4.78, 5) is 11.4. The zero-order chi connectivity index (χ0) is 13.8. The lowest BCUT2D eigenvalue weighted by molar-refractivity contribution is 0.527. The Balaban J connectivity index is 1.93. The molecule has 104 valence electrons. The van der Waals surface area contributed by atoms with Crippen molar-refractivity contribution in [2.75, 3.05) is 6.54 Å². The van der Waals surface area contributed by atoms with Gasteiger partial charge in [-0.05, 0) is 43.5 Å². The van der Waals surface area contributed by atoms with Crippen LogP contribution in [-0.2, 0) is 13.5 Å².